The van der Waals surface area contributed by atoms with Crippen LogP contribution in [0.3, 0.4) is 0 Å². The molecule has 25 heavy (non-hydrogen) atoms. The fraction of sp³-hybridized carbons (Fsp3) is 0.412. The Labute approximate surface area is 145 Å². The number of benzene rings is 1. The number of nitrogens with two attached hydrogens (primary N) is 1. The molecule has 1 heterocycles. The Kier molecular flexibility index (Phi) is 6.10. The maximum atomic E-state index is 12.2. The Hall–Kier alpha value is -2.90. The van der Waals surface area contributed by atoms with Crippen LogP contribution in [0.4, 0.5) is 0 Å². The second kappa shape index (κ2) is 8.27. The minimum absolute atomic E-state index is 0.251. The van der Waals surface area contributed by atoms with Gasteiger partial charge >= 0.3 is 0 Å². The van der Waals surface area contributed by atoms with E-state index in [9.17, 15) is 19.2 Å². The number of hydrogen-bond donors (Lipinski definition) is 4. The third-order valence-corrected chi connectivity index (χ3v) is 4.03. The van der Waals surface area contributed by atoms with Gasteiger partial charge in [0.15, 0.2) is 0 Å². The van der Waals surface area contributed by atoms with E-state index in [4.69, 9.17) is 5.73 Å². The predicted molar refractivity (Wildman–Crippen MR) is 90.0 cm³/mol. The normalized spacial score (nSPS) is 21.0. The summed E-state index contributed by atoms with van der Waals surface area (Å²) in [4.78, 5) is 47.5. The minimum Gasteiger partial charge on any atom is -0.368 e. The van der Waals surface area contributed by atoms with Crippen LogP contribution < -0.4 is 21.7 Å². The van der Waals surface area contributed by atoms with Crippen molar-refractivity contribution in [1.82, 2.24) is 16.0 Å². The molecule has 0 spiro atoms. The highest BCUT2D eigenvalue weighted by molar-refractivity contribution is 5.99. The van der Waals surface area contributed by atoms with Gasteiger partial charge in [0.1, 0.15) is 18.1 Å². The van der Waals surface area contributed by atoms with E-state index in [0.29, 0.717) is 12.8 Å². The van der Waals surface area contributed by atoms with Crippen LogP contribution in [0.5, 0.6) is 0 Å². The van der Waals surface area contributed by atoms with Crippen LogP contribution in [-0.4, -0.2) is 41.8 Å². The van der Waals surface area contributed by atoms with Gasteiger partial charge < -0.3 is 21.7 Å². The third kappa shape index (κ3) is 5.03. The van der Waals surface area contributed by atoms with Gasteiger partial charge in [-0.2, -0.15) is 0 Å². The molecule has 134 valence electrons. The average molecular weight is 346 g/mol. The lowest BCUT2D eigenvalue weighted by atomic mass is 10.0. The molecule has 0 radical (unpaired) electrons. The van der Waals surface area contributed by atoms with Gasteiger partial charge in [-0.15, -0.1) is 0 Å². The number of piperazine rings is 1. The Morgan fingerprint density at radius 3 is 2.32 bits per heavy atom. The van der Waals surface area contributed by atoms with E-state index in [0.717, 1.165) is 5.56 Å². The van der Waals surface area contributed by atoms with E-state index in [-0.39, 0.29) is 12.3 Å². The minimum atomic E-state index is -0.968. The number of carbonyl (C=O) groups excluding carboxylic acids is 4. The molecule has 0 bridgehead atoms. The zero-order chi connectivity index (χ0) is 18.4. The number of hydrogen-bond acceptors (Lipinski definition) is 4. The van der Waals surface area contributed by atoms with E-state index in [1.807, 2.05) is 30.3 Å². The van der Waals surface area contributed by atoms with Crippen LogP contribution in [-0.2, 0) is 25.6 Å². The van der Waals surface area contributed by atoms with Crippen molar-refractivity contribution < 1.29 is 19.2 Å². The van der Waals surface area contributed by atoms with E-state index in [2.05, 4.69) is 16.0 Å². The van der Waals surface area contributed by atoms with Gasteiger partial charge in [-0.3, -0.25) is 19.2 Å². The van der Waals surface area contributed by atoms with Gasteiger partial charge in [0, 0.05) is 6.42 Å². The lowest BCUT2D eigenvalue weighted by Gasteiger charge is -2.29. The molecule has 5 N–H and O–H groups in total. The van der Waals surface area contributed by atoms with Crippen molar-refractivity contribution in [2.45, 2.75) is 44.3 Å². The van der Waals surface area contributed by atoms with Crippen molar-refractivity contribution in [2.24, 2.45) is 5.73 Å². The molecule has 1 aliphatic rings. The molecule has 1 saturated heterocycles. The molecule has 0 unspecified atom stereocenters. The van der Waals surface area contributed by atoms with Gasteiger partial charge in [-0.25, -0.2) is 0 Å². The highest BCUT2D eigenvalue weighted by Crippen LogP contribution is 2.08. The molecular formula is C17H22N4O4. The fourth-order valence-corrected chi connectivity index (χ4v) is 2.63. The molecule has 0 aliphatic carbocycles. The number of carbonyl (C=O) groups is 4. The standard InChI is InChI=1S/C17H22N4O4/c1-2-11(15(18)23)19-14(22)9-13-17(25)20-12(16(24)21-13)8-10-6-4-3-5-7-10/h3-7,11-13H,2,8-9H2,1H3,(H2,18,23)(H,19,22)(H,20,25)(H,21,24)/t11-,12+,13+/m1/s1. The summed E-state index contributed by atoms with van der Waals surface area (Å²) in [5, 5.41) is 7.65. The Bertz CT molecular complexity index is 662. The summed E-state index contributed by atoms with van der Waals surface area (Å²) in [5.41, 5.74) is 6.09. The van der Waals surface area contributed by atoms with E-state index in [1.54, 1.807) is 6.92 Å². The first kappa shape index (κ1) is 18.4. The van der Waals surface area contributed by atoms with Crippen molar-refractivity contribution in [3.8, 4) is 0 Å². The average Bonchev–Trinajstić information content (AvgIpc) is 2.57. The van der Waals surface area contributed by atoms with E-state index >= 15 is 0 Å². The quantitative estimate of drug-likeness (QED) is 0.503. The summed E-state index contributed by atoms with van der Waals surface area (Å²) in [6, 6.07) is 6.88. The predicted octanol–water partition coefficient (Wildman–Crippen LogP) is -1.02. The largest absolute Gasteiger partial charge is 0.368 e. The maximum absolute atomic E-state index is 12.2. The second-order valence-corrected chi connectivity index (χ2v) is 5.95. The number of primary amides is 1. The summed E-state index contributed by atoms with van der Waals surface area (Å²) >= 11 is 0. The van der Waals surface area contributed by atoms with Crippen molar-refractivity contribution in [3.63, 3.8) is 0 Å². The Morgan fingerprint density at radius 2 is 1.72 bits per heavy atom. The molecule has 0 aromatic heterocycles. The van der Waals surface area contributed by atoms with Crippen molar-refractivity contribution in [3.05, 3.63) is 35.9 Å². The van der Waals surface area contributed by atoms with Crippen LogP contribution in [0.1, 0.15) is 25.3 Å². The van der Waals surface area contributed by atoms with Crippen LogP contribution in [0.25, 0.3) is 0 Å². The fourth-order valence-electron chi connectivity index (χ4n) is 2.63. The second-order valence-electron chi connectivity index (χ2n) is 5.95. The highest BCUT2D eigenvalue weighted by Gasteiger charge is 2.35. The smallest absolute Gasteiger partial charge is 0.243 e. The molecule has 8 heteroatoms. The lowest BCUT2D eigenvalue weighted by molar-refractivity contribution is -0.138. The lowest BCUT2D eigenvalue weighted by Crippen LogP contribution is -2.63. The van der Waals surface area contributed by atoms with Crippen molar-refractivity contribution >= 4 is 23.6 Å². The summed E-state index contributed by atoms with van der Waals surface area (Å²) in [6.45, 7) is 1.71. The van der Waals surface area contributed by atoms with E-state index < -0.39 is 35.8 Å². The zero-order valence-corrected chi connectivity index (χ0v) is 14.0. The van der Waals surface area contributed by atoms with Crippen LogP contribution in [0.2, 0.25) is 0 Å². The van der Waals surface area contributed by atoms with Crippen molar-refractivity contribution in [1.29, 1.82) is 0 Å². The van der Waals surface area contributed by atoms with Gasteiger partial charge in [-0.05, 0) is 12.0 Å². The van der Waals surface area contributed by atoms with Gasteiger partial charge in [0.05, 0.1) is 6.42 Å². The Balaban J connectivity index is 1.91. The molecule has 0 saturated carbocycles. The van der Waals surface area contributed by atoms with Gasteiger partial charge in [0.25, 0.3) is 0 Å². The molecule has 8 nitrogen and oxygen atoms in total. The molecule has 2 rings (SSSR count). The first-order valence-electron chi connectivity index (χ1n) is 8.14. The van der Waals surface area contributed by atoms with Crippen molar-refractivity contribution in [2.75, 3.05) is 0 Å². The SMILES string of the molecule is CC[C@@H](NC(=O)C[C@@H]1NC(=O)[C@H](Cc2ccccc2)NC1=O)C(N)=O. The Morgan fingerprint density at radius 1 is 1.12 bits per heavy atom. The molecule has 4 amide bonds. The van der Waals surface area contributed by atoms with E-state index in [1.165, 1.54) is 0 Å². The van der Waals surface area contributed by atoms with Crippen LogP contribution in [0.15, 0.2) is 30.3 Å². The number of nitrogens with one attached hydrogen (secondary N) is 3. The summed E-state index contributed by atoms with van der Waals surface area (Å²) < 4.78 is 0. The van der Waals surface area contributed by atoms with Crippen LogP contribution in [0, 0.1) is 0 Å². The summed E-state index contributed by atoms with van der Waals surface area (Å²) in [5.74, 6) is -1.94. The molecule has 1 aliphatic heterocycles. The van der Waals surface area contributed by atoms with Gasteiger partial charge in [0.2, 0.25) is 23.6 Å². The summed E-state index contributed by atoms with van der Waals surface area (Å²) in [6.07, 6.45) is 0.472. The topological polar surface area (TPSA) is 130 Å². The molecule has 3 atom stereocenters. The first-order chi connectivity index (χ1) is 11.9. The number of amides is 4. The molecular weight excluding hydrogens is 324 g/mol. The molecule has 1 aromatic rings. The molecule has 1 aromatic carbocycles. The zero-order valence-electron chi connectivity index (χ0n) is 14.0. The maximum Gasteiger partial charge on any atom is 0.243 e. The highest BCUT2D eigenvalue weighted by atomic mass is 16.2. The monoisotopic (exact) mass is 346 g/mol. The third-order valence-electron chi connectivity index (χ3n) is 4.03. The number of rotatable bonds is 7. The first-order valence-corrected chi connectivity index (χ1v) is 8.14. The van der Waals surface area contributed by atoms with Crippen LogP contribution >= 0.6 is 0 Å². The van der Waals surface area contributed by atoms with Gasteiger partial charge in [-0.1, -0.05) is 37.3 Å². The molecule has 1 fully saturated rings. The summed E-state index contributed by atoms with van der Waals surface area (Å²) in [7, 11) is 0.